The molecule has 0 aliphatic rings. The maximum absolute atomic E-state index is 13.0. The van der Waals surface area contributed by atoms with Crippen molar-refractivity contribution in [2.75, 3.05) is 25.5 Å². The minimum Gasteiger partial charge on any atom is -0.497 e. The Bertz CT molecular complexity index is 863. The van der Waals surface area contributed by atoms with Crippen LogP contribution < -0.4 is 15.4 Å². The summed E-state index contributed by atoms with van der Waals surface area (Å²) in [6.07, 6.45) is 0. The highest BCUT2D eigenvalue weighted by atomic mass is 32.1. The number of nitrogens with one attached hydrogen (secondary N) is 2. The van der Waals surface area contributed by atoms with Crippen molar-refractivity contribution in [2.24, 2.45) is 0 Å². The second-order valence-electron chi connectivity index (χ2n) is 5.46. The van der Waals surface area contributed by atoms with Gasteiger partial charge in [0.1, 0.15) is 11.6 Å². The third kappa shape index (κ3) is 4.58. The first-order valence-corrected chi connectivity index (χ1v) is 8.91. The lowest BCUT2D eigenvalue weighted by atomic mass is 10.2. The molecule has 0 saturated heterocycles. The highest BCUT2D eigenvalue weighted by Gasteiger charge is 2.06. The van der Waals surface area contributed by atoms with Crippen LogP contribution in [-0.2, 0) is 0 Å². The molecule has 0 bridgehead atoms. The minimum absolute atomic E-state index is 0.138. The topological polar surface area (TPSA) is 63.2 Å². The molecule has 7 heteroatoms. The maximum Gasteiger partial charge on any atom is 0.251 e. The Balaban J connectivity index is 1.46. The van der Waals surface area contributed by atoms with E-state index in [0.717, 1.165) is 16.4 Å². The number of amides is 1. The van der Waals surface area contributed by atoms with Crippen LogP contribution in [0.15, 0.2) is 53.9 Å². The van der Waals surface area contributed by atoms with Crippen LogP contribution in [0.3, 0.4) is 0 Å². The molecule has 134 valence electrons. The first-order valence-electron chi connectivity index (χ1n) is 8.03. The van der Waals surface area contributed by atoms with Gasteiger partial charge in [0.25, 0.3) is 5.91 Å². The van der Waals surface area contributed by atoms with Gasteiger partial charge in [-0.1, -0.05) is 0 Å². The summed E-state index contributed by atoms with van der Waals surface area (Å²) in [5.74, 6) is 0.305. The van der Waals surface area contributed by atoms with Crippen LogP contribution in [0.25, 0.3) is 11.3 Å². The standard InChI is InChI=1S/C19H18FN3O2S/c1-25-16-8-4-14(5-9-16)18(24)21-10-11-22-19-23-17(12-26-19)13-2-6-15(20)7-3-13/h2-9,12H,10-11H2,1H3,(H,21,24)(H,22,23). The van der Waals surface area contributed by atoms with E-state index < -0.39 is 0 Å². The lowest BCUT2D eigenvalue weighted by Gasteiger charge is -2.06. The van der Waals surface area contributed by atoms with Crippen molar-refractivity contribution in [2.45, 2.75) is 0 Å². The number of aromatic nitrogens is 1. The number of hydrogen-bond donors (Lipinski definition) is 2. The first kappa shape index (κ1) is 17.9. The minimum atomic E-state index is -0.269. The Morgan fingerprint density at radius 1 is 1.12 bits per heavy atom. The molecule has 0 atom stereocenters. The zero-order chi connectivity index (χ0) is 18.4. The number of benzene rings is 2. The van der Waals surface area contributed by atoms with Gasteiger partial charge in [-0.05, 0) is 48.5 Å². The molecule has 5 nitrogen and oxygen atoms in total. The van der Waals surface area contributed by atoms with E-state index in [-0.39, 0.29) is 11.7 Å². The Morgan fingerprint density at radius 3 is 2.54 bits per heavy atom. The van der Waals surface area contributed by atoms with Crippen molar-refractivity contribution < 1.29 is 13.9 Å². The van der Waals surface area contributed by atoms with Gasteiger partial charge < -0.3 is 15.4 Å². The summed E-state index contributed by atoms with van der Waals surface area (Å²) in [4.78, 5) is 16.5. The summed E-state index contributed by atoms with van der Waals surface area (Å²) in [5, 5.41) is 8.68. The summed E-state index contributed by atoms with van der Waals surface area (Å²) in [6.45, 7) is 1.02. The number of thiazole rings is 1. The molecule has 0 unspecified atom stereocenters. The summed E-state index contributed by atoms with van der Waals surface area (Å²) < 4.78 is 18.0. The van der Waals surface area contributed by atoms with Crippen LogP contribution in [0.1, 0.15) is 10.4 Å². The van der Waals surface area contributed by atoms with Crippen molar-refractivity contribution in [3.63, 3.8) is 0 Å². The molecule has 1 amide bonds. The molecule has 0 spiro atoms. The van der Waals surface area contributed by atoms with Crippen molar-refractivity contribution in [3.8, 4) is 17.0 Å². The van der Waals surface area contributed by atoms with E-state index in [1.807, 2.05) is 5.38 Å². The molecule has 3 aromatic rings. The molecular formula is C19H18FN3O2S. The summed E-state index contributed by atoms with van der Waals surface area (Å²) in [5.41, 5.74) is 2.24. The van der Waals surface area contributed by atoms with Crippen LogP contribution in [-0.4, -0.2) is 31.1 Å². The van der Waals surface area contributed by atoms with E-state index in [1.165, 1.54) is 23.5 Å². The van der Waals surface area contributed by atoms with Crippen LogP contribution in [0.4, 0.5) is 9.52 Å². The van der Waals surface area contributed by atoms with Gasteiger partial charge in [-0.2, -0.15) is 0 Å². The number of hydrogen-bond acceptors (Lipinski definition) is 5. The van der Waals surface area contributed by atoms with Gasteiger partial charge >= 0.3 is 0 Å². The Hall–Kier alpha value is -2.93. The zero-order valence-corrected chi connectivity index (χ0v) is 15.0. The van der Waals surface area contributed by atoms with Crippen LogP contribution >= 0.6 is 11.3 Å². The molecule has 0 fully saturated rings. The van der Waals surface area contributed by atoms with E-state index in [0.29, 0.717) is 24.4 Å². The van der Waals surface area contributed by atoms with Gasteiger partial charge in [-0.25, -0.2) is 9.37 Å². The zero-order valence-electron chi connectivity index (χ0n) is 14.2. The SMILES string of the molecule is COc1ccc(C(=O)NCCNc2nc(-c3ccc(F)cc3)cs2)cc1. The van der Waals surface area contributed by atoms with Crippen LogP contribution in [0.2, 0.25) is 0 Å². The monoisotopic (exact) mass is 371 g/mol. The fourth-order valence-corrected chi connectivity index (χ4v) is 3.05. The van der Waals surface area contributed by atoms with E-state index >= 15 is 0 Å². The van der Waals surface area contributed by atoms with E-state index in [4.69, 9.17) is 4.74 Å². The van der Waals surface area contributed by atoms with E-state index in [2.05, 4.69) is 15.6 Å². The first-order chi connectivity index (χ1) is 12.7. The number of carbonyl (C=O) groups excluding carboxylic acids is 1. The molecule has 0 aliphatic heterocycles. The van der Waals surface area contributed by atoms with Gasteiger partial charge in [-0.15, -0.1) is 11.3 Å². The predicted molar refractivity (Wildman–Crippen MR) is 101 cm³/mol. The largest absolute Gasteiger partial charge is 0.497 e. The molecule has 1 heterocycles. The highest BCUT2D eigenvalue weighted by Crippen LogP contribution is 2.24. The maximum atomic E-state index is 13.0. The fourth-order valence-electron chi connectivity index (χ4n) is 2.30. The van der Waals surface area contributed by atoms with Crippen molar-refractivity contribution >= 4 is 22.4 Å². The number of ether oxygens (including phenoxy) is 1. The third-order valence-corrected chi connectivity index (χ3v) is 4.48. The smallest absolute Gasteiger partial charge is 0.251 e. The number of methoxy groups -OCH3 is 1. The van der Waals surface area contributed by atoms with Crippen LogP contribution in [0.5, 0.6) is 5.75 Å². The summed E-state index contributed by atoms with van der Waals surface area (Å²) in [7, 11) is 1.58. The average Bonchev–Trinajstić information content (AvgIpc) is 3.14. The molecular weight excluding hydrogens is 353 g/mol. The number of anilines is 1. The van der Waals surface area contributed by atoms with Crippen molar-refractivity contribution in [1.29, 1.82) is 0 Å². The summed E-state index contributed by atoms with van der Waals surface area (Å²) >= 11 is 1.47. The van der Waals surface area contributed by atoms with E-state index in [1.54, 1.807) is 43.5 Å². The quantitative estimate of drug-likeness (QED) is 0.620. The van der Waals surface area contributed by atoms with Crippen molar-refractivity contribution in [1.82, 2.24) is 10.3 Å². The van der Waals surface area contributed by atoms with Gasteiger partial charge in [0.15, 0.2) is 5.13 Å². The highest BCUT2D eigenvalue weighted by molar-refractivity contribution is 7.14. The molecule has 3 rings (SSSR count). The Morgan fingerprint density at radius 2 is 1.85 bits per heavy atom. The van der Waals surface area contributed by atoms with Crippen molar-refractivity contribution in [3.05, 3.63) is 65.3 Å². The summed E-state index contributed by atoms with van der Waals surface area (Å²) in [6, 6.07) is 13.2. The van der Waals surface area contributed by atoms with Gasteiger partial charge in [-0.3, -0.25) is 4.79 Å². The lowest BCUT2D eigenvalue weighted by molar-refractivity contribution is 0.0955. The number of carbonyl (C=O) groups is 1. The second-order valence-corrected chi connectivity index (χ2v) is 6.31. The van der Waals surface area contributed by atoms with Gasteiger partial charge in [0.2, 0.25) is 0 Å². The number of nitrogens with zero attached hydrogens (tertiary/aromatic N) is 1. The van der Waals surface area contributed by atoms with Crippen LogP contribution in [0, 0.1) is 5.82 Å². The lowest BCUT2D eigenvalue weighted by Crippen LogP contribution is -2.28. The molecule has 0 radical (unpaired) electrons. The molecule has 0 saturated carbocycles. The molecule has 2 aromatic carbocycles. The van der Waals surface area contributed by atoms with E-state index in [9.17, 15) is 9.18 Å². The second kappa shape index (κ2) is 8.44. The fraction of sp³-hybridized carbons (Fsp3) is 0.158. The predicted octanol–water partition coefficient (Wildman–Crippen LogP) is 3.80. The average molecular weight is 371 g/mol. The normalized spacial score (nSPS) is 10.4. The van der Waals surface area contributed by atoms with Gasteiger partial charge in [0.05, 0.1) is 12.8 Å². The number of rotatable bonds is 7. The molecule has 1 aromatic heterocycles. The molecule has 26 heavy (non-hydrogen) atoms. The molecule has 2 N–H and O–H groups in total. The number of halogens is 1. The molecule has 0 aliphatic carbocycles. The third-order valence-electron chi connectivity index (χ3n) is 3.68. The Kier molecular flexibility index (Phi) is 5.80. The Labute approximate surface area is 154 Å². The van der Waals surface area contributed by atoms with Gasteiger partial charge in [0, 0.05) is 29.6 Å².